The number of benzene rings is 2. The van der Waals surface area contributed by atoms with Gasteiger partial charge in [-0.2, -0.15) is 0 Å². The van der Waals surface area contributed by atoms with Crippen LogP contribution >= 0.6 is 11.6 Å². The summed E-state index contributed by atoms with van der Waals surface area (Å²) in [5.74, 6) is -1.20. The number of carbonyl (C=O) groups excluding carboxylic acids is 1. The standard InChI is InChI=1S/C19H14ClFO4/c1-11-5-6-13-12(8-19(23)25-17(13)7-11)10-24-18(22)9-14-15(20)3-2-4-16(14)21/h2-8H,9-10H2,1H3. The molecule has 0 N–H and O–H groups in total. The zero-order valence-corrected chi connectivity index (χ0v) is 14.1. The second-order valence-corrected chi connectivity index (χ2v) is 6.04. The van der Waals surface area contributed by atoms with E-state index in [2.05, 4.69) is 0 Å². The Morgan fingerprint density at radius 2 is 2.04 bits per heavy atom. The first-order valence-electron chi connectivity index (χ1n) is 7.56. The fourth-order valence-electron chi connectivity index (χ4n) is 2.51. The molecule has 0 saturated carbocycles. The lowest BCUT2D eigenvalue weighted by atomic mass is 10.1. The molecule has 0 unspecified atom stereocenters. The molecule has 1 heterocycles. The molecule has 0 amide bonds. The Labute approximate surface area is 147 Å². The second-order valence-electron chi connectivity index (χ2n) is 5.63. The monoisotopic (exact) mass is 360 g/mol. The van der Waals surface area contributed by atoms with E-state index in [0.29, 0.717) is 16.5 Å². The molecule has 25 heavy (non-hydrogen) atoms. The summed E-state index contributed by atoms with van der Waals surface area (Å²) in [4.78, 5) is 23.7. The first-order chi connectivity index (χ1) is 11.9. The zero-order chi connectivity index (χ0) is 18.0. The fraction of sp³-hybridized carbons (Fsp3) is 0.158. The van der Waals surface area contributed by atoms with Gasteiger partial charge in [-0.15, -0.1) is 0 Å². The number of esters is 1. The topological polar surface area (TPSA) is 56.5 Å². The van der Waals surface area contributed by atoms with Gasteiger partial charge in [-0.05, 0) is 30.7 Å². The maximum atomic E-state index is 13.7. The Bertz CT molecular complexity index is 990. The summed E-state index contributed by atoms with van der Waals surface area (Å²) in [6, 6.07) is 10.9. The van der Waals surface area contributed by atoms with Crippen molar-refractivity contribution < 1.29 is 18.3 Å². The highest BCUT2D eigenvalue weighted by Crippen LogP contribution is 2.21. The highest BCUT2D eigenvalue weighted by atomic mass is 35.5. The van der Waals surface area contributed by atoms with E-state index in [1.54, 1.807) is 12.1 Å². The molecule has 3 rings (SSSR count). The van der Waals surface area contributed by atoms with Gasteiger partial charge in [0, 0.05) is 27.6 Å². The van der Waals surface area contributed by atoms with Gasteiger partial charge in [-0.25, -0.2) is 9.18 Å². The lowest BCUT2D eigenvalue weighted by molar-refractivity contribution is -0.144. The Kier molecular flexibility index (Phi) is 4.86. The van der Waals surface area contributed by atoms with Crippen molar-refractivity contribution in [3.63, 3.8) is 0 Å². The van der Waals surface area contributed by atoms with Gasteiger partial charge in [0.25, 0.3) is 0 Å². The minimum Gasteiger partial charge on any atom is -0.461 e. The molecule has 4 nitrogen and oxygen atoms in total. The van der Waals surface area contributed by atoms with Crippen LogP contribution in [0.1, 0.15) is 16.7 Å². The third-order valence-electron chi connectivity index (χ3n) is 3.76. The van der Waals surface area contributed by atoms with Crippen LogP contribution in [0.25, 0.3) is 11.0 Å². The summed E-state index contributed by atoms with van der Waals surface area (Å²) in [5.41, 5.74) is 1.46. The second kappa shape index (κ2) is 7.07. The number of aryl methyl sites for hydroxylation is 1. The quantitative estimate of drug-likeness (QED) is 0.517. The number of fused-ring (bicyclic) bond motifs is 1. The van der Waals surface area contributed by atoms with E-state index in [4.69, 9.17) is 20.8 Å². The summed E-state index contributed by atoms with van der Waals surface area (Å²) < 4.78 is 24.1. The molecule has 0 aliphatic carbocycles. The minimum absolute atomic E-state index is 0.0854. The molecule has 0 aliphatic rings. The van der Waals surface area contributed by atoms with Crippen molar-refractivity contribution in [2.24, 2.45) is 0 Å². The molecule has 0 bridgehead atoms. The maximum absolute atomic E-state index is 13.7. The zero-order valence-electron chi connectivity index (χ0n) is 13.3. The van der Waals surface area contributed by atoms with E-state index in [1.165, 1.54) is 24.3 Å². The van der Waals surface area contributed by atoms with Gasteiger partial charge in [0.05, 0.1) is 6.42 Å². The van der Waals surface area contributed by atoms with E-state index in [-0.39, 0.29) is 23.6 Å². The van der Waals surface area contributed by atoms with Crippen LogP contribution < -0.4 is 5.63 Å². The summed E-state index contributed by atoms with van der Waals surface area (Å²) in [5, 5.41) is 0.847. The van der Waals surface area contributed by atoms with Gasteiger partial charge < -0.3 is 9.15 Å². The molecule has 0 aliphatic heterocycles. The maximum Gasteiger partial charge on any atom is 0.336 e. The molecular formula is C19H14ClFO4. The van der Waals surface area contributed by atoms with Crippen molar-refractivity contribution in [1.29, 1.82) is 0 Å². The SMILES string of the molecule is Cc1ccc2c(COC(=O)Cc3c(F)cccc3Cl)cc(=O)oc2c1. The van der Waals surface area contributed by atoms with Gasteiger partial charge in [0.2, 0.25) is 0 Å². The van der Waals surface area contributed by atoms with Crippen molar-refractivity contribution in [3.8, 4) is 0 Å². The Balaban J connectivity index is 1.79. The van der Waals surface area contributed by atoms with Crippen molar-refractivity contribution in [2.45, 2.75) is 20.0 Å². The summed E-state index contributed by atoms with van der Waals surface area (Å²) in [7, 11) is 0. The normalized spacial score (nSPS) is 10.8. The predicted molar refractivity (Wildman–Crippen MR) is 92.1 cm³/mol. The largest absolute Gasteiger partial charge is 0.461 e. The molecule has 0 atom stereocenters. The first-order valence-corrected chi connectivity index (χ1v) is 7.94. The Morgan fingerprint density at radius 3 is 2.80 bits per heavy atom. The molecular weight excluding hydrogens is 347 g/mol. The van der Waals surface area contributed by atoms with Gasteiger partial charge in [0.15, 0.2) is 0 Å². The highest BCUT2D eigenvalue weighted by molar-refractivity contribution is 6.31. The van der Waals surface area contributed by atoms with Crippen molar-refractivity contribution in [1.82, 2.24) is 0 Å². The fourth-order valence-corrected chi connectivity index (χ4v) is 2.74. The van der Waals surface area contributed by atoms with Crippen LogP contribution in [0.4, 0.5) is 4.39 Å². The van der Waals surface area contributed by atoms with Gasteiger partial charge in [-0.3, -0.25) is 4.79 Å². The van der Waals surface area contributed by atoms with Crippen LogP contribution in [0.2, 0.25) is 5.02 Å². The lowest BCUT2D eigenvalue weighted by Gasteiger charge is -2.09. The Hall–Kier alpha value is -2.66. The highest BCUT2D eigenvalue weighted by Gasteiger charge is 2.14. The van der Waals surface area contributed by atoms with Crippen LogP contribution in [0.15, 0.2) is 51.7 Å². The van der Waals surface area contributed by atoms with Crippen LogP contribution in [0, 0.1) is 12.7 Å². The number of hydrogen-bond acceptors (Lipinski definition) is 4. The molecule has 0 fully saturated rings. The Morgan fingerprint density at radius 1 is 1.24 bits per heavy atom. The third-order valence-corrected chi connectivity index (χ3v) is 4.11. The van der Waals surface area contributed by atoms with E-state index in [0.717, 1.165) is 5.56 Å². The van der Waals surface area contributed by atoms with Crippen LogP contribution in [-0.2, 0) is 22.6 Å². The number of rotatable bonds is 4. The predicted octanol–water partition coefficient (Wildman–Crippen LogP) is 4.18. The van der Waals surface area contributed by atoms with Crippen molar-refractivity contribution in [2.75, 3.05) is 0 Å². The van der Waals surface area contributed by atoms with E-state index >= 15 is 0 Å². The molecule has 128 valence electrons. The molecule has 0 spiro atoms. The molecule has 3 aromatic rings. The summed E-state index contributed by atoms with van der Waals surface area (Å²) in [6.07, 6.45) is -0.288. The number of halogens is 2. The molecule has 0 saturated heterocycles. The molecule has 2 aromatic carbocycles. The third kappa shape index (κ3) is 3.88. The van der Waals surface area contributed by atoms with Crippen LogP contribution in [-0.4, -0.2) is 5.97 Å². The lowest BCUT2D eigenvalue weighted by Crippen LogP contribution is -2.11. The average molecular weight is 361 g/mol. The molecule has 6 heteroatoms. The average Bonchev–Trinajstić information content (AvgIpc) is 2.55. The van der Waals surface area contributed by atoms with Gasteiger partial charge in [-0.1, -0.05) is 29.8 Å². The smallest absolute Gasteiger partial charge is 0.336 e. The van der Waals surface area contributed by atoms with E-state index in [1.807, 2.05) is 13.0 Å². The summed E-state index contributed by atoms with van der Waals surface area (Å²) in [6.45, 7) is 1.76. The van der Waals surface area contributed by atoms with Crippen molar-refractivity contribution >= 4 is 28.5 Å². The number of hydrogen-bond donors (Lipinski definition) is 0. The molecule has 0 radical (unpaired) electrons. The first kappa shape index (κ1) is 17.2. The van der Waals surface area contributed by atoms with Crippen LogP contribution in [0.5, 0.6) is 0 Å². The minimum atomic E-state index is -0.638. The number of carbonyl (C=O) groups is 1. The van der Waals surface area contributed by atoms with Gasteiger partial charge in [0.1, 0.15) is 18.0 Å². The number of ether oxygens (including phenoxy) is 1. The summed E-state index contributed by atoms with van der Waals surface area (Å²) >= 11 is 5.90. The van der Waals surface area contributed by atoms with Gasteiger partial charge >= 0.3 is 11.6 Å². The van der Waals surface area contributed by atoms with Crippen LogP contribution in [0.3, 0.4) is 0 Å². The van der Waals surface area contributed by atoms with E-state index < -0.39 is 17.4 Å². The van der Waals surface area contributed by atoms with E-state index in [9.17, 15) is 14.0 Å². The van der Waals surface area contributed by atoms with Crippen molar-refractivity contribution in [3.05, 3.63) is 80.4 Å². The molecule has 1 aromatic heterocycles.